The van der Waals surface area contributed by atoms with Gasteiger partial charge in [0.05, 0.1) is 0 Å². The van der Waals surface area contributed by atoms with Gasteiger partial charge in [0.2, 0.25) is 0 Å². The molecule has 0 aliphatic rings. The summed E-state index contributed by atoms with van der Waals surface area (Å²) in [6.07, 6.45) is 0. The van der Waals surface area contributed by atoms with E-state index in [1.54, 1.807) is 6.92 Å². The summed E-state index contributed by atoms with van der Waals surface area (Å²) in [5, 5.41) is 3.13. The van der Waals surface area contributed by atoms with E-state index in [0.717, 1.165) is 15.6 Å². The molecule has 142 valence electrons. The van der Waals surface area contributed by atoms with Crippen molar-refractivity contribution in [2.24, 2.45) is 0 Å². The number of carbonyl (C=O) groups excluding carboxylic acids is 1. The highest BCUT2D eigenvalue weighted by Gasteiger charge is 2.45. The Balaban J connectivity index is 2.34. The molecule has 28 heavy (non-hydrogen) atoms. The first-order chi connectivity index (χ1) is 13.3. The van der Waals surface area contributed by atoms with Crippen LogP contribution in [-0.2, 0) is 9.22 Å². The zero-order valence-electron chi connectivity index (χ0n) is 17.0. The van der Waals surface area contributed by atoms with Crippen molar-refractivity contribution < 1.29 is 9.22 Å². The number of carbonyl (C=O) groups is 1. The van der Waals surface area contributed by atoms with Crippen molar-refractivity contribution in [3.8, 4) is 0 Å². The zero-order valence-corrected chi connectivity index (χ0v) is 18.0. The molecule has 3 aromatic carbocycles. The molecule has 2 nitrogen and oxygen atoms in total. The maximum absolute atomic E-state index is 12.8. The molecule has 0 fully saturated rings. The van der Waals surface area contributed by atoms with Crippen molar-refractivity contribution >= 4 is 29.8 Å². The van der Waals surface area contributed by atoms with Crippen molar-refractivity contribution in [2.75, 3.05) is 0 Å². The van der Waals surface area contributed by atoms with E-state index in [4.69, 9.17) is 4.43 Å². The summed E-state index contributed by atoms with van der Waals surface area (Å²) in [5.74, 6) is -0.353. The topological polar surface area (TPSA) is 26.3 Å². The third-order valence-electron chi connectivity index (χ3n) is 4.97. The number of hydrogen-bond acceptors (Lipinski definition) is 2. The van der Waals surface area contributed by atoms with Gasteiger partial charge in [-0.1, -0.05) is 96.1 Å². The minimum absolute atomic E-state index is 0.353. The van der Waals surface area contributed by atoms with E-state index >= 15 is 0 Å². The summed E-state index contributed by atoms with van der Waals surface area (Å²) < 4.78 is 6.38. The van der Waals surface area contributed by atoms with Gasteiger partial charge in [0.25, 0.3) is 0 Å². The lowest BCUT2D eigenvalue weighted by molar-refractivity contribution is -0.130. The fourth-order valence-corrected chi connectivity index (χ4v) is 6.98. The van der Waals surface area contributed by atoms with E-state index in [2.05, 4.69) is 100 Å². The minimum Gasteiger partial charge on any atom is -0.502 e. The largest absolute Gasteiger partial charge is 0.502 e. The van der Waals surface area contributed by atoms with Gasteiger partial charge in [-0.3, -0.25) is 0 Å². The molecule has 0 aliphatic carbocycles. The molecule has 0 heterocycles. The maximum Gasteiger partial charge on any atom is 0.350 e. The molecule has 3 aromatic rings. The van der Waals surface area contributed by atoms with Crippen LogP contribution < -0.4 is 15.6 Å². The van der Waals surface area contributed by atoms with Crippen LogP contribution in [0.15, 0.2) is 84.9 Å². The van der Waals surface area contributed by atoms with Crippen LogP contribution in [0.2, 0.25) is 0 Å². The van der Waals surface area contributed by atoms with Crippen LogP contribution >= 0.6 is 0 Å². The molecule has 0 bridgehead atoms. The van der Waals surface area contributed by atoms with E-state index < -0.39 is 8.32 Å². The third kappa shape index (κ3) is 3.85. The van der Waals surface area contributed by atoms with Crippen LogP contribution in [0.1, 0.15) is 23.6 Å². The molecule has 0 saturated carbocycles. The Kier molecular flexibility index (Phi) is 5.66. The zero-order chi connectivity index (χ0) is 20.3. The van der Waals surface area contributed by atoms with Gasteiger partial charge in [-0.05, 0) is 43.3 Å². The fourth-order valence-electron chi connectivity index (χ4n) is 3.27. The Bertz CT molecular complexity index is 873. The van der Waals surface area contributed by atoms with Gasteiger partial charge in [0.15, 0.2) is 0 Å². The van der Waals surface area contributed by atoms with Gasteiger partial charge < -0.3 is 4.43 Å². The van der Waals surface area contributed by atoms with Crippen LogP contribution in [0.4, 0.5) is 0 Å². The number of benzene rings is 3. The second kappa shape index (κ2) is 7.99. The first-order valence-electron chi connectivity index (χ1n) is 9.43. The van der Waals surface area contributed by atoms with E-state index in [1.807, 2.05) is 0 Å². The van der Waals surface area contributed by atoms with E-state index in [1.165, 1.54) is 16.7 Å². The van der Waals surface area contributed by atoms with E-state index in [9.17, 15) is 4.79 Å². The summed E-state index contributed by atoms with van der Waals surface area (Å²) in [6, 6.07) is 25.0. The van der Waals surface area contributed by atoms with Crippen LogP contribution in [0.3, 0.4) is 0 Å². The van der Waals surface area contributed by atoms with E-state index in [0.29, 0.717) is 5.57 Å². The van der Waals surface area contributed by atoms with Crippen LogP contribution in [-0.4, -0.2) is 14.3 Å². The number of rotatable bonds is 5. The maximum atomic E-state index is 12.8. The summed E-state index contributed by atoms with van der Waals surface area (Å²) in [5.41, 5.74) is 3.92. The molecular weight excluding hydrogens is 360 g/mol. The van der Waals surface area contributed by atoms with E-state index in [-0.39, 0.29) is 5.97 Å². The summed E-state index contributed by atoms with van der Waals surface area (Å²) in [4.78, 5) is 12.8. The van der Waals surface area contributed by atoms with Gasteiger partial charge >= 0.3 is 14.3 Å². The number of hydrogen-bond donors (Lipinski definition) is 0. The first kappa shape index (κ1) is 19.8. The molecule has 0 saturated heterocycles. The Morgan fingerprint density at radius 3 is 1.21 bits per heavy atom. The van der Waals surface area contributed by atoms with Crippen molar-refractivity contribution in [2.45, 2.75) is 27.7 Å². The molecule has 0 aromatic heterocycles. The molecule has 3 heteroatoms. The predicted octanol–water partition coefficient (Wildman–Crippen LogP) is 3.70. The van der Waals surface area contributed by atoms with Gasteiger partial charge in [-0.15, -0.1) is 0 Å². The molecule has 0 radical (unpaired) electrons. The summed E-state index contributed by atoms with van der Waals surface area (Å²) in [7, 11) is -3.03. The van der Waals surface area contributed by atoms with Crippen molar-refractivity contribution in [1.82, 2.24) is 0 Å². The van der Waals surface area contributed by atoms with Gasteiger partial charge in [-0.25, -0.2) is 4.79 Å². The molecule has 0 aliphatic heterocycles. The van der Waals surface area contributed by atoms with Crippen molar-refractivity contribution in [1.29, 1.82) is 0 Å². The lowest BCUT2D eigenvalue weighted by Crippen LogP contribution is -2.70. The van der Waals surface area contributed by atoms with Crippen LogP contribution in [0.5, 0.6) is 0 Å². The lowest BCUT2D eigenvalue weighted by atomic mass is 10.2. The monoisotopic (exact) mass is 386 g/mol. The van der Waals surface area contributed by atoms with Crippen molar-refractivity contribution in [3.05, 3.63) is 102 Å². The Morgan fingerprint density at radius 1 is 0.679 bits per heavy atom. The highest BCUT2D eigenvalue weighted by molar-refractivity contribution is 7.07. The molecule has 0 unspecified atom stereocenters. The van der Waals surface area contributed by atoms with Crippen LogP contribution in [0, 0.1) is 20.8 Å². The predicted molar refractivity (Wildman–Crippen MR) is 119 cm³/mol. The van der Waals surface area contributed by atoms with Crippen molar-refractivity contribution in [3.63, 3.8) is 0 Å². The second-order valence-corrected chi connectivity index (χ2v) is 10.7. The Morgan fingerprint density at radius 2 is 0.964 bits per heavy atom. The molecule has 0 atom stereocenters. The molecular formula is C25H26O2Si. The summed E-state index contributed by atoms with van der Waals surface area (Å²) in [6.45, 7) is 11.7. The number of aryl methyl sites for hydroxylation is 3. The average molecular weight is 387 g/mol. The van der Waals surface area contributed by atoms with Gasteiger partial charge in [0, 0.05) is 5.57 Å². The molecule has 0 spiro atoms. The third-order valence-corrected chi connectivity index (χ3v) is 8.90. The molecule has 0 N–H and O–H groups in total. The second-order valence-electron chi connectivity index (χ2n) is 7.45. The fraction of sp³-hybridized carbons (Fsp3) is 0.160. The lowest BCUT2D eigenvalue weighted by Gasteiger charge is -2.32. The Hall–Kier alpha value is -2.91. The highest BCUT2D eigenvalue weighted by atomic mass is 28.4. The van der Waals surface area contributed by atoms with Crippen LogP contribution in [0.25, 0.3) is 0 Å². The minimum atomic E-state index is -3.03. The first-order valence-corrected chi connectivity index (χ1v) is 11.3. The Labute approximate surface area is 168 Å². The SMILES string of the molecule is C=C(C)C(=O)O[Si](c1ccc(C)cc1)(c1ccc(C)cc1)c1ccc(C)cc1. The highest BCUT2D eigenvalue weighted by Crippen LogP contribution is 2.14. The summed E-state index contributed by atoms with van der Waals surface area (Å²) >= 11 is 0. The smallest absolute Gasteiger partial charge is 0.350 e. The standard InChI is InChI=1S/C25H26O2Si/c1-18(2)25(26)27-28(22-12-6-19(3)7-13-22,23-14-8-20(4)9-15-23)24-16-10-21(5)11-17-24/h6-17H,1H2,2-5H3. The average Bonchev–Trinajstić information content (AvgIpc) is 2.68. The molecule has 3 rings (SSSR count). The van der Waals surface area contributed by atoms with Gasteiger partial charge in [-0.2, -0.15) is 0 Å². The normalized spacial score (nSPS) is 11.1. The molecule has 0 amide bonds. The van der Waals surface area contributed by atoms with Gasteiger partial charge in [0.1, 0.15) is 0 Å². The quantitative estimate of drug-likeness (QED) is 0.380.